The summed E-state index contributed by atoms with van der Waals surface area (Å²) in [5.74, 6) is -1.71. The van der Waals surface area contributed by atoms with E-state index in [2.05, 4.69) is 20.0 Å². The van der Waals surface area contributed by atoms with E-state index in [1.807, 2.05) is 18.2 Å². The zero-order chi connectivity index (χ0) is 31.1. The van der Waals surface area contributed by atoms with Crippen LogP contribution in [0.25, 0.3) is 21.9 Å². The number of aliphatic carboxylic acids is 1. The number of nitrogens with one attached hydrogen (secondary N) is 1. The summed E-state index contributed by atoms with van der Waals surface area (Å²) >= 11 is 0. The summed E-state index contributed by atoms with van der Waals surface area (Å²) in [5, 5.41) is 24.8. The highest BCUT2D eigenvalue weighted by Crippen LogP contribution is 2.49. The average Bonchev–Trinajstić information content (AvgIpc) is 3.47. The maximum Gasteiger partial charge on any atom is 0.459 e. The van der Waals surface area contributed by atoms with Crippen molar-refractivity contribution in [1.29, 1.82) is 0 Å². The molecule has 2 unspecified atom stereocenters. The molecule has 1 saturated heterocycles. The fourth-order valence-corrected chi connectivity index (χ4v) is 6.59. The summed E-state index contributed by atoms with van der Waals surface area (Å²) in [6, 6.07) is 10.9. The summed E-state index contributed by atoms with van der Waals surface area (Å²) in [6.45, 7) is 3.78. The van der Waals surface area contributed by atoms with Crippen molar-refractivity contribution in [2.24, 2.45) is 5.92 Å². The van der Waals surface area contributed by atoms with Gasteiger partial charge in [-0.15, -0.1) is 0 Å². The summed E-state index contributed by atoms with van der Waals surface area (Å²) in [5.41, 5.74) is 3.98. The maximum atomic E-state index is 15.7. The monoisotopic (exact) mass is 618 g/mol. The van der Waals surface area contributed by atoms with Crippen molar-refractivity contribution >= 4 is 41.6 Å². The topological polar surface area (TPSA) is 193 Å². The molecule has 5 rings (SSSR count). The molecule has 3 heterocycles. The van der Waals surface area contributed by atoms with Crippen LogP contribution in [0.4, 0.5) is 10.3 Å². The van der Waals surface area contributed by atoms with E-state index in [-0.39, 0.29) is 28.7 Å². The van der Waals surface area contributed by atoms with Crippen molar-refractivity contribution in [2.75, 3.05) is 19.5 Å². The van der Waals surface area contributed by atoms with Crippen molar-refractivity contribution in [3.63, 3.8) is 0 Å². The SMILES string of the molecule is COc1nc(N)nc2c1ncn2[C@@H]1O[C@H](COP(=O)(NC(C(=O)O)C(C)C)Oc2cccc3ccccc23)[C@@H](F)[C@@]1(C)O. The quantitative estimate of drug-likeness (QED) is 0.179. The van der Waals surface area contributed by atoms with Gasteiger partial charge >= 0.3 is 13.7 Å². The van der Waals surface area contributed by atoms with E-state index < -0.39 is 56.4 Å². The van der Waals surface area contributed by atoms with E-state index in [4.69, 9.17) is 24.3 Å². The molecule has 0 bridgehead atoms. The third-order valence-corrected chi connectivity index (χ3v) is 8.67. The van der Waals surface area contributed by atoms with Gasteiger partial charge in [-0.3, -0.25) is 13.9 Å². The molecule has 6 atom stereocenters. The Hall–Kier alpha value is -3.88. The summed E-state index contributed by atoms with van der Waals surface area (Å²) in [7, 11) is -3.13. The van der Waals surface area contributed by atoms with Crippen LogP contribution in [0.15, 0.2) is 48.8 Å². The molecule has 0 amide bonds. The molecular formula is C27H32FN6O8P. The van der Waals surface area contributed by atoms with Gasteiger partial charge in [-0.1, -0.05) is 50.2 Å². The number of imidazole rings is 1. The molecule has 1 aliphatic heterocycles. The molecule has 16 heteroatoms. The molecule has 5 N–H and O–H groups in total. The Morgan fingerprint density at radius 2 is 1.98 bits per heavy atom. The van der Waals surface area contributed by atoms with Gasteiger partial charge in [0.05, 0.1) is 20.0 Å². The number of aromatic nitrogens is 4. The molecule has 4 aromatic rings. The smallest absolute Gasteiger partial charge is 0.459 e. The summed E-state index contributed by atoms with van der Waals surface area (Å²) in [6.07, 6.45) is -3.62. The molecule has 0 spiro atoms. The number of hydrogen-bond acceptors (Lipinski definition) is 11. The van der Waals surface area contributed by atoms with Gasteiger partial charge in [-0.2, -0.15) is 15.1 Å². The number of alkyl halides is 1. The lowest BCUT2D eigenvalue weighted by Gasteiger charge is -2.27. The number of anilines is 1. The van der Waals surface area contributed by atoms with E-state index in [1.54, 1.807) is 38.1 Å². The highest BCUT2D eigenvalue weighted by molar-refractivity contribution is 7.52. The number of nitrogens with two attached hydrogens (primary N) is 1. The van der Waals surface area contributed by atoms with Crippen LogP contribution in [0.1, 0.15) is 27.0 Å². The van der Waals surface area contributed by atoms with Crippen molar-refractivity contribution in [3.05, 3.63) is 48.8 Å². The second-order valence-electron chi connectivity index (χ2n) is 10.6. The van der Waals surface area contributed by atoms with E-state index >= 15 is 4.39 Å². The Labute approximate surface area is 245 Å². The van der Waals surface area contributed by atoms with Gasteiger partial charge in [0, 0.05) is 5.39 Å². The van der Waals surface area contributed by atoms with Crippen molar-refractivity contribution < 1.29 is 42.5 Å². The number of carboxylic acids is 1. The molecule has 2 aromatic carbocycles. The predicted octanol–water partition coefficient (Wildman–Crippen LogP) is 3.46. The van der Waals surface area contributed by atoms with E-state index in [9.17, 15) is 19.6 Å². The zero-order valence-corrected chi connectivity index (χ0v) is 24.6. The van der Waals surface area contributed by atoms with Crippen LogP contribution in [0.2, 0.25) is 0 Å². The Bertz CT molecular complexity index is 1700. The van der Waals surface area contributed by atoms with Gasteiger partial charge in [0.15, 0.2) is 23.6 Å². The van der Waals surface area contributed by atoms with Crippen LogP contribution in [-0.2, 0) is 18.6 Å². The molecule has 0 aliphatic carbocycles. The van der Waals surface area contributed by atoms with Crippen molar-refractivity contribution in [1.82, 2.24) is 24.6 Å². The van der Waals surface area contributed by atoms with E-state index in [0.29, 0.717) is 5.39 Å². The van der Waals surface area contributed by atoms with Gasteiger partial charge in [-0.05, 0) is 24.3 Å². The summed E-state index contributed by atoms with van der Waals surface area (Å²) in [4.78, 5) is 24.3. The van der Waals surface area contributed by atoms with Crippen LogP contribution in [0, 0.1) is 5.92 Å². The number of methoxy groups -OCH3 is 1. The Kier molecular flexibility index (Phi) is 8.29. The number of hydrogen-bond donors (Lipinski definition) is 4. The predicted molar refractivity (Wildman–Crippen MR) is 153 cm³/mol. The van der Waals surface area contributed by atoms with Crippen LogP contribution in [0.3, 0.4) is 0 Å². The van der Waals surface area contributed by atoms with Crippen LogP contribution in [0.5, 0.6) is 11.6 Å². The highest BCUT2D eigenvalue weighted by Gasteiger charge is 2.55. The first kappa shape index (κ1) is 30.6. The number of aliphatic hydroxyl groups is 1. The number of carbonyl (C=O) groups is 1. The van der Waals surface area contributed by atoms with Gasteiger partial charge < -0.3 is 29.9 Å². The minimum atomic E-state index is -4.50. The molecule has 14 nitrogen and oxygen atoms in total. The van der Waals surface area contributed by atoms with Crippen LogP contribution in [-0.4, -0.2) is 73.3 Å². The van der Waals surface area contributed by atoms with Crippen molar-refractivity contribution in [2.45, 2.75) is 50.9 Å². The largest absolute Gasteiger partial charge is 0.480 e. The molecule has 0 saturated carbocycles. The number of benzene rings is 2. The Balaban J connectivity index is 1.44. The first-order valence-electron chi connectivity index (χ1n) is 13.3. The zero-order valence-electron chi connectivity index (χ0n) is 23.7. The third kappa shape index (κ3) is 5.86. The number of fused-ring (bicyclic) bond motifs is 2. The first-order valence-corrected chi connectivity index (χ1v) is 14.9. The lowest BCUT2D eigenvalue weighted by atomic mass is 9.98. The number of rotatable bonds is 11. The number of nitrogen functional groups attached to an aromatic ring is 1. The number of ether oxygens (including phenoxy) is 2. The molecular weight excluding hydrogens is 586 g/mol. The van der Waals surface area contributed by atoms with E-state index in [1.165, 1.54) is 24.9 Å². The summed E-state index contributed by atoms with van der Waals surface area (Å²) < 4.78 is 53.8. The Morgan fingerprint density at radius 1 is 1.26 bits per heavy atom. The number of nitrogens with zero attached hydrogens (tertiary/aromatic N) is 4. The third-order valence-electron chi connectivity index (χ3n) is 7.15. The van der Waals surface area contributed by atoms with Crippen LogP contribution >= 0.6 is 7.75 Å². The standard InChI is InChI=1S/C27H32FN6O8P/c1-14(2)19(24(35)36)33-43(38,42-17-11-7-9-15-8-5-6-10-16(15)17)40-12-18-21(28)27(3,37)25(41-18)34-13-30-20-22(34)31-26(29)32-23(20)39-4/h5-11,13-14,18-19,21,25,37H,12H2,1-4H3,(H,33,38)(H,35,36)(H2,29,31,32)/t18-,19?,21-,25-,27-,43?/m1/s1. The van der Waals surface area contributed by atoms with Gasteiger partial charge in [0.1, 0.15) is 23.5 Å². The molecule has 43 heavy (non-hydrogen) atoms. The lowest BCUT2D eigenvalue weighted by Crippen LogP contribution is -2.42. The fourth-order valence-electron chi connectivity index (χ4n) is 4.90. The molecule has 0 radical (unpaired) electrons. The normalized spacial score (nSPS) is 24.3. The molecule has 230 valence electrons. The molecule has 2 aromatic heterocycles. The van der Waals surface area contributed by atoms with Gasteiger partial charge in [-0.25, -0.2) is 13.9 Å². The molecule has 1 fully saturated rings. The average molecular weight is 619 g/mol. The first-order chi connectivity index (χ1) is 20.3. The van der Waals surface area contributed by atoms with Crippen LogP contribution < -0.4 is 20.1 Å². The van der Waals surface area contributed by atoms with Gasteiger partial charge in [0.2, 0.25) is 11.8 Å². The minimum Gasteiger partial charge on any atom is -0.480 e. The van der Waals surface area contributed by atoms with E-state index in [0.717, 1.165) is 5.39 Å². The van der Waals surface area contributed by atoms with Gasteiger partial charge in [0.25, 0.3) is 0 Å². The van der Waals surface area contributed by atoms with Crippen molar-refractivity contribution in [3.8, 4) is 11.6 Å². The lowest BCUT2D eigenvalue weighted by molar-refractivity contribution is -0.140. The fraction of sp³-hybridized carbons (Fsp3) is 0.407. The number of halogens is 1. The highest BCUT2D eigenvalue weighted by atomic mass is 31.2. The second kappa shape index (κ2) is 11.7. The minimum absolute atomic E-state index is 0.0753. The molecule has 1 aliphatic rings. The Morgan fingerprint density at radius 3 is 2.67 bits per heavy atom. The maximum absolute atomic E-state index is 15.7. The number of carboxylic acid groups (broad SMARTS) is 1. The second-order valence-corrected chi connectivity index (χ2v) is 12.3.